The minimum Gasteiger partial charge on any atom is -0.389 e. The Morgan fingerprint density at radius 2 is 1.79 bits per heavy atom. The van der Waals surface area contributed by atoms with Crippen LogP contribution in [0.1, 0.15) is 24.2 Å². The summed E-state index contributed by atoms with van der Waals surface area (Å²) in [6.45, 7) is 2.43. The maximum atomic E-state index is 9.74. The summed E-state index contributed by atoms with van der Waals surface area (Å²) in [5, 5.41) is 13.1. The number of hydrogen-bond acceptors (Lipinski definition) is 3. The van der Waals surface area contributed by atoms with Crippen LogP contribution in [0.4, 0.5) is 11.4 Å². The van der Waals surface area contributed by atoms with Gasteiger partial charge in [0, 0.05) is 16.9 Å². The Labute approximate surface area is 114 Å². The number of hydrogen-bond donors (Lipinski definition) is 3. The van der Waals surface area contributed by atoms with E-state index in [-0.39, 0.29) is 0 Å². The zero-order valence-corrected chi connectivity index (χ0v) is 11.1. The van der Waals surface area contributed by atoms with Crippen molar-refractivity contribution in [1.29, 1.82) is 0 Å². The molecule has 100 valence electrons. The standard InChI is InChI=1S/C16H20N2O/c1-12(19)15-4-2-3-5-16(15)18-14-8-6-13(7-9-14)10-11-17/h2-9,12,18-19H,10-11,17H2,1H3. The summed E-state index contributed by atoms with van der Waals surface area (Å²) in [6, 6.07) is 16.0. The molecule has 0 aromatic heterocycles. The van der Waals surface area contributed by atoms with Gasteiger partial charge in [-0.15, -0.1) is 0 Å². The van der Waals surface area contributed by atoms with Crippen LogP contribution in [0, 0.1) is 0 Å². The van der Waals surface area contributed by atoms with Gasteiger partial charge in [0.15, 0.2) is 0 Å². The van der Waals surface area contributed by atoms with Crippen LogP contribution in [0.25, 0.3) is 0 Å². The molecule has 2 rings (SSSR count). The second-order valence-corrected chi connectivity index (χ2v) is 4.62. The van der Waals surface area contributed by atoms with Crippen molar-refractivity contribution < 1.29 is 5.11 Å². The molecule has 0 aliphatic heterocycles. The second-order valence-electron chi connectivity index (χ2n) is 4.62. The van der Waals surface area contributed by atoms with Crippen molar-refractivity contribution in [2.45, 2.75) is 19.4 Å². The van der Waals surface area contributed by atoms with Gasteiger partial charge in [-0.1, -0.05) is 30.3 Å². The summed E-state index contributed by atoms with van der Waals surface area (Å²) in [4.78, 5) is 0. The largest absolute Gasteiger partial charge is 0.389 e. The first kappa shape index (κ1) is 13.6. The zero-order chi connectivity index (χ0) is 13.7. The third-order valence-electron chi connectivity index (χ3n) is 3.08. The van der Waals surface area contributed by atoms with E-state index in [1.54, 1.807) is 6.92 Å². The van der Waals surface area contributed by atoms with Crippen LogP contribution in [-0.4, -0.2) is 11.7 Å². The Kier molecular flexibility index (Phi) is 4.55. The molecule has 0 saturated heterocycles. The number of benzene rings is 2. The molecule has 0 aliphatic rings. The minimum absolute atomic E-state index is 0.486. The highest BCUT2D eigenvalue weighted by Gasteiger charge is 2.06. The Hall–Kier alpha value is -1.84. The number of aliphatic hydroxyl groups excluding tert-OH is 1. The smallest absolute Gasteiger partial charge is 0.0782 e. The predicted octanol–water partition coefficient (Wildman–Crippen LogP) is 2.98. The average Bonchev–Trinajstić information content (AvgIpc) is 2.42. The van der Waals surface area contributed by atoms with Crippen LogP contribution in [-0.2, 0) is 6.42 Å². The minimum atomic E-state index is -0.486. The fourth-order valence-electron chi connectivity index (χ4n) is 2.05. The Balaban J connectivity index is 2.17. The molecule has 2 aromatic rings. The molecule has 0 spiro atoms. The fourth-order valence-corrected chi connectivity index (χ4v) is 2.05. The first-order chi connectivity index (χ1) is 9.20. The van der Waals surface area contributed by atoms with Gasteiger partial charge in [-0.25, -0.2) is 0 Å². The highest BCUT2D eigenvalue weighted by molar-refractivity contribution is 5.63. The van der Waals surface area contributed by atoms with E-state index in [2.05, 4.69) is 17.4 Å². The number of rotatable bonds is 5. The fraction of sp³-hybridized carbons (Fsp3) is 0.250. The van der Waals surface area contributed by atoms with Crippen molar-refractivity contribution in [3.63, 3.8) is 0 Å². The normalized spacial score (nSPS) is 12.2. The van der Waals surface area contributed by atoms with E-state index in [1.807, 2.05) is 36.4 Å². The van der Waals surface area contributed by atoms with Crippen LogP contribution >= 0.6 is 0 Å². The molecule has 0 amide bonds. The quantitative estimate of drug-likeness (QED) is 0.770. The third kappa shape index (κ3) is 3.56. The average molecular weight is 256 g/mol. The lowest BCUT2D eigenvalue weighted by Crippen LogP contribution is -2.03. The van der Waals surface area contributed by atoms with Gasteiger partial charge < -0.3 is 16.2 Å². The van der Waals surface area contributed by atoms with E-state index in [4.69, 9.17) is 5.73 Å². The molecule has 3 heteroatoms. The summed E-state index contributed by atoms with van der Waals surface area (Å²) in [5.74, 6) is 0. The highest BCUT2D eigenvalue weighted by atomic mass is 16.3. The van der Waals surface area contributed by atoms with Gasteiger partial charge in [-0.2, -0.15) is 0 Å². The van der Waals surface area contributed by atoms with Crippen molar-refractivity contribution >= 4 is 11.4 Å². The predicted molar refractivity (Wildman–Crippen MR) is 79.6 cm³/mol. The van der Waals surface area contributed by atoms with Crippen molar-refractivity contribution in [1.82, 2.24) is 0 Å². The molecule has 0 aliphatic carbocycles. The molecule has 4 N–H and O–H groups in total. The van der Waals surface area contributed by atoms with Crippen molar-refractivity contribution in [3.05, 3.63) is 59.7 Å². The van der Waals surface area contributed by atoms with E-state index in [9.17, 15) is 5.11 Å². The molecule has 3 nitrogen and oxygen atoms in total. The van der Waals surface area contributed by atoms with Crippen molar-refractivity contribution in [2.75, 3.05) is 11.9 Å². The Bertz CT molecular complexity index is 521. The summed E-state index contributed by atoms with van der Waals surface area (Å²) in [5.41, 5.74) is 9.60. The molecule has 2 aromatic carbocycles. The van der Waals surface area contributed by atoms with Crippen molar-refractivity contribution in [3.8, 4) is 0 Å². The van der Waals surface area contributed by atoms with Crippen LogP contribution in [0.15, 0.2) is 48.5 Å². The van der Waals surface area contributed by atoms with Crippen molar-refractivity contribution in [2.24, 2.45) is 5.73 Å². The summed E-state index contributed by atoms with van der Waals surface area (Å²) >= 11 is 0. The summed E-state index contributed by atoms with van der Waals surface area (Å²) in [7, 11) is 0. The number of anilines is 2. The molecule has 0 saturated carbocycles. The Morgan fingerprint density at radius 1 is 1.11 bits per heavy atom. The van der Waals surface area contributed by atoms with E-state index >= 15 is 0 Å². The van der Waals surface area contributed by atoms with E-state index in [0.717, 1.165) is 23.4 Å². The molecule has 0 bridgehead atoms. The number of para-hydroxylation sites is 1. The number of nitrogens with two attached hydrogens (primary N) is 1. The lowest BCUT2D eigenvalue weighted by Gasteiger charge is -2.14. The monoisotopic (exact) mass is 256 g/mol. The van der Waals surface area contributed by atoms with Crippen LogP contribution in [0.5, 0.6) is 0 Å². The zero-order valence-electron chi connectivity index (χ0n) is 11.1. The molecule has 19 heavy (non-hydrogen) atoms. The maximum absolute atomic E-state index is 9.74. The first-order valence-corrected chi connectivity index (χ1v) is 6.53. The lowest BCUT2D eigenvalue weighted by atomic mass is 10.1. The number of aliphatic hydroxyl groups is 1. The maximum Gasteiger partial charge on any atom is 0.0782 e. The summed E-state index contributed by atoms with van der Waals surface area (Å²) in [6.07, 6.45) is 0.407. The molecule has 0 radical (unpaired) electrons. The van der Waals surface area contributed by atoms with Gasteiger partial charge in [0.25, 0.3) is 0 Å². The van der Waals surface area contributed by atoms with Crippen LogP contribution < -0.4 is 11.1 Å². The Morgan fingerprint density at radius 3 is 2.42 bits per heavy atom. The molecular formula is C16H20N2O. The topological polar surface area (TPSA) is 58.3 Å². The summed E-state index contributed by atoms with van der Waals surface area (Å²) < 4.78 is 0. The first-order valence-electron chi connectivity index (χ1n) is 6.53. The highest BCUT2D eigenvalue weighted by Crippen LogP contribution is 2.25. The van der Waals surface area contributed by atoms with E-state index in [0.29, 0.717) is 6.54 Å². The van der Waals surface area contributed by atoms with Gasteiger partial charge in [0.1, 0.15) is 0 Å². The van der Waals surface area contributed by atoms with Crippen LogP contribution in [0.3, 0.4) is 0 Å². The van der Waals surface area contributed by atoms with Crippen LogP contribution in [0.2, 0.25) is 0 Å². The molecular weight excluding hydrogens is 236 g/mol. The van der Waals surface area contributed by atoms with E-state index in [1.165, 1.54) is 5.56 Å². The molecule has 1 atom stereocenters. The molecule has 0 fully saturated rings. The molecule has 0 heterocycles. The second kappa shape index (κ2) is 6.36. The van der Waals surface area contributed by atoms with Gasteiger partial charge in [0.2, 0.25) is 0 Å². The molecule has 1 unspecified atom stereocenters. The number of nitrogens with one attached hydrogen (secondary N) is 1. The lowest BCUT2D eigenvalue weighted by molar-refractivity contribution is 0.200. The van der Waals surface area contributed by atoms with E-state index < -0.39 is 6.10 Å². The van der Waals surface area contributed by atoms with Gasteiger partial charge in [-0.05, 0) is 43.7 Å². The van der Waals surface area contributed by atoms with Gasteiger partial charge in [-0.3, -0.25) is 0 Å². The SMILES string of the molecule is CC(O)c1ccccc1Nc1ccc(CCN)cc1. The third-order valence-corrected chi connectivity index (χ3v) is 3.08. The van der Waals surface area contributed by atoms with Gasteiger partial charge in [0.05, 0.1) is 6.10 Å². The van der Waals surface area contributed by atoms with Gasteiger partial charge >= 0.3 is 0 Å².